The first-order valence-corrected chi connectivity index (χ1v) is 9.27. The lowest BCUT2D eigenvalue weighted by Crippen LogP contribution is -2.37. The van der Waals surface area contributed by atoms with Gasteiger partial charge in [0.1, 0.15) is 17.7 Å². The van der Waals surface area contributed by atoms with Crippen LogP contribution in [0.4, 0.5) is 4.39 Å². The molecule has 28 heavy (non-hydrogen) atoms. The molecule has 0 spiro atoms. The van der Waals surface area contributed by atoms with Crippen LogP contribution in [0.25, 0.3) is 0 Å². The van der Waals surface area contributed by atoms with E-state index in [-0.39, 0.29) is 36.5 Å². The Morgan fingerprint density at radius 1 is 1.43 bits per heavy atom. The third-order valence-electron chi connectivity index (χ3n) is 5.25. The van der Waals surface area contributed by atoms with E-state index in [1.165, 1.54) is 12.1 Å². The average molecular weight is 431 g/mol. The molecule has 1 aliphatic heterocycles. The Hall–Kier alpha value is -1.63. The van der Waals surface area contributed by atoms with Gasteiger partial charge in [0.15, 0.2) is 0 Å². The zero-order chi connectivity index (χ0) is 18.5. The zero-order valence-corrected chi connectivity index (χ0v) is 17.9. The molecule has 156 valence electrons. The van der Waals surface area contributed by atoms with Gasteiger partial charge in [-0.3, -0.25) is 4.79 Å². The van der Waals surface area contributed by atoms with Gasteiger partial charge in [0.2, 0.25) is 5.91 Å². The van der Waals surface area contributed by atoms with E-state index in [2.05, 4.69) is 22.5 Å². The van der Waals surface area contributed by atoms with Crippen LogP contribution in [0.15, 0.2) is 36.7 Å². The van der Waals surface area contributed by atoms with Crippen molar-refractivity contribution in [2.45, 2.75) is 32.2 Å². The Kier molecular flexibility index (Phi) is 9.93. The highest BCUT2D eigenvalue weighted by molar-refractivity contribution is 5.85. The number of nitrogens with zero attached hydrogens (tertiary/aromatic N) is 2. The summed E-state index contributed by atoms with van der Waals surface area (Å²) in [7, 11) is 1.87. The molecule has 0 radical (unpaired) electrons. The fraction of sp³-hybridized carbons (Fsp3) is 0.500. The normalized spacial score (nSPS) is 18.3. The van der Waals surface area contributed by atoms with Crippen molar-refractivity contribution in [1.29, 1.82) is 0 Å². The summed E-state index contributed by atoms with van der Waals surface area (Å²) in [6, 6.07) is 5.86. The molecular weight excluding hydrogens is 402 g/mol. The summed E-state index contributed by atoms with van der Waals surface area (Å²) in [5.41, 5.74) is 0.694. The van der Waals surface area contributed by atoms with Crippen LogP contribution in [-0.4, -0.2) is 28.5 Å². The maximum Gasteiger partial charge on any atom is 0.221 e. The molecule has 3 rings (SSSR count). The van der Waals surface area contributed by atoms with Gasteiger partial charge in [-0.25, -0.2) is 9.37 Å². The molecule has 1 amide bonds. The number of carbonyl (C=O) groups excluding carboxylic acids is 1. The zero-order valence-electron chi connectivity index (χ0n) is 16.2. The van der Waals surface area contributed by atoms with E-state index < -0.39 is 6.04 Å². The molecular formula is C20H29Cl2FN4O. The van der Waals surface area contributed by atoms with Crippen molar-refractivity contribution in [3.8, 4) is 0 Å². The van der Waals surface area contributed by atoms with Gasteiger partial charge in [-0.15, -0.1) is 24.8 Å². The van der Waals surface area contributed by atoms with Gasteiger partial charge >= 0.3 is 0 Å². The Bertz CT molecular complexity index is 749. The molecule has 2 aromatic rings. The van der Waals surface area contributed by atoms with Crippen molar-refractivity contribution in [2.75, 3.05) is 13.1 Å². The summed E-state index contributed by atoms with van der Waals surface area (Å²) in [4.78, 5) is 17.1. The van der Waals surface area contributed by atoms with E-state index in [9.17, 15) is 9.18 Å². The lowest BCUT2D eigenvalue weighted by Gasteiger charge is -2.28. The monoisotopic (exact) mass is 430 g/mol. The summed E-state index contributed by atoms with van der Waals surface area (Å²) in [5.74, 6) is 1.17. The minimum absolute atomic E-state index is 0. The molecule has 0 aliphatic carbocycles. The molecule has 1 fully saturated rings. The van der Waals surface area contributed by atoms with Gasteiger partial charge in [0, 0.05) is 25.9 Å². The van der Waals surface area contributed by atoms with Crippen molar-refractivity contribution < 1.29 is 9.18 Å². The molecule has 2 N–H and O–H groups in total. The van der Waals surface area contributed by atoms with Gasteiger partial charge in [-0.2, -0.15) is 0 Å². The number of benzene rings is 1. The van der Waals surface area contributed by atoms with Crippen LogP contribution in [0.5, 0.6) is 0 Å². The molecule has 3 unspecified atom stereocenters. The van der Waals surface area contributed by atoms with Crippen molar-refractivity contribution >= 4 is 30.7 Å². The van der Waals surface area contributed by atoms with Crippen molar-refractivity contribution in [3.05, 3.63) is 53.9 Å². The molecule has 0 bridgehead atoms. The topological polar surface area (TPSA) is 59.0 Å². The van der Waals surface area contributed by atoms with E-state index in [1.807, 2.05) is 23.9 Å². The third-order valence-corrected chi connectivity index (χ3v) is 5.25. The number of hydrogen-bond acceptors (Lipinski definition) is 3. The van der Waals surface area contributed by atoms with E-state index >= 15 is 0 Å². The Morgan fingerprint density at radius 3 is 2.82 bits per heavy atom. The van der Waals surface area contributed by atoms with Crippen LogP contribution in [-0.2, 0) is 11.8 Å². The second-order valence-electron chi connectivity index (χ2n) is 7.24. The van der Waals surface area contributed by atoms with Crippen molar-refractivity contribution in [3.63, 3.8) is 0 Å². The fourth-order valence-electron chi connectivity index (χ4n) is 3.68. The summed E-state index contributed by atoms with van der Waals surface area (Å²) >= 11 is 0. The first-order valence-electron chi connectivity index (χ1n) is 9.27. The van der Waals surface area contributed by atoms with Crippen LogP contribution in [0.3, 0.4) is 0 Å². The summed E-state index contributed by atoms with van der Waals surface area (Å²) < 4.78 is 15.6. The number of nitrogens with one attached hydrogen (secondary N) is 2. The molecule has 1 aliphatic rings. The maximum absolute atomic E-state index is 13.7. The van der Waals surface area contributed by atoms with Crippen molar-refractivity contribution in [1.82, 2.24) is 20.2 Å². The SMILES string of the molecule is CC(CC(=O)NC(c1cccc(F)c1)c1nccn1C)C1CCCNC1.Cl.Cl. The van der Waals surface area contributed by atoms with E-state index in [0.29, 0.717) is 29.6 Å². The maximum atomic E-state index is 13.7. The Balaban J connectivity index is 0.00000196. The number of aryl methyl sites for hydroxylation is 1. The van der Waals surface area contributed by atoms with Gasteiger partial charge in [0.25, 0.3) is 0 Å². The Morgan fingerprint density at radius 2 is 2.21 bits per heavy atom. The van der Waals surface area contributed by atoms with Gasteiger partial charge in [0.05, 0.1) is 0 Å². The molecule has 2 heterocycles. The van der Waals surface area contributed by atoms with Gasteiger partial charge < -0.3 is 15.2 Å². The highest BCUT2D eigenvalue weighted by Gasteiger charge is 2.25. The highest BCUT2D eigenvalue weighted by atomic mass is 35.5. The van der Waals surface area contributed by atoms with Crippen molar-refractivity contribution in [2.24, 2.45) is 18.9 Å². The first-order chi connectivity index (χ1) is 12.5. The van der Waals surface area contributed by atoms with Gasteiger partial charge in [-0.1, -0.05) is 19.1 Å². The van der Waals surface area contributed by atoms with Crippen LogP contribution in [0.2, 0.25) is 0 Å². The second kappa shape index (κ2) is 11.4. The minimum atomic E-state index is -0.463. The molecule has 1 saturated heterocycles. The first kappa shape index (κ1) is 24.4. The number of aromatic nitrogens is 2. The number of hydrogen-bond donors (Lipinski definition) is 2. The molecule has 5 nitrogen and oxygen atoms in total. The quantitative estimate of drug-likeness (QED) is 0.735. The molecule has 1 aromatic heterocycles. The minimum Gasteiger partial charge on any atom is -0.342 e. The molecule has 3 atom stereocenters. The third kappa shape index (κ3) is 6.19. The lowest BCUT2D eigenvalue weighted by molar-refractivity contribution is -0.122. The smallest absolute Gasteiger partial charge is 0.221 e. The standard InChI is InChI=1S/C20H27FN4O.2ClH/c1-14(16-6-4-8-22-13-16)11-18(26)24-19(20-23-9-10-25(20)2)15-5-3-7-17(21)12-15;;/h3,5,7,9-10,12,14,16,19,22H,4,6,8,11,13H2,1-2H3,(H,24,26);2*1H. The van der Waals surface area contributed by atoms with Crippen LogP contribution in [0, 0.1) is 17.7 Å². The summed E-state index contributed by atoms with van der Waals surface area (Å²) in [5, 5.41) is 6.47. The lowest BCUT2D eigenvalue weighted by atomic mass is 9.85. The van der Waals surface area contributed by atoms with E-state index in [0.717, 1.165) is 25.9 Å². The molecule has 1 aromatic carbocycles. The van der Waals surface area contributed by atoms with Gasteiger partial charge in [-0.05, 0) is 55.5 Å². The summed E-state index contributed by atoms with van der Waals surface area (Å²) in [6.07, 6.45) is 6.29. The number of halogens is 3. The van der Waals surface area contributed by atoms with Crippen LogP contribution < -0.4 is 10.6 Å². The van der Waals surface area contributed by atoms with E-state index in [4.69, 9.17) is 0 Å². The molecule has 8 heteroatoms. The number of carbonyl (C=O) groups is 1. The predicted molar refractivity (Wildman–Crippen MR) is 113 cm³/mol. The largest absolute Gasteiger partial charge is 0.342 e. The highest BCUT2D eigenvalue weighted by Crippen LogP contribution is 2.25. The fourth-order valence-corrected chi connectivity index (χ4v) is 3.68. The number of imidazole rings is 1. The van der Waals surface area contributed by atoms with E-state index in [1.54, 1.807) is 12.3 Å². The van der Waals surface area contributed by atoms with Crippen LogP contribution in [0.1, 0.15) is 43.6 Å². The predicted octanol–water partition coefficient (Wildman–Crippen LogP) is 3.63. The van der Waals surface area contributed by atoms with Crippen LogP contribution >= 0.6 is 24.8 Å². The second-order valence-corrected chi connectivity index (χ2v) is 7.24. The number of piperidine rings is 1. The Labute approximate surface area is 178 Å². The number of amides is 1. The average Bonchev–Trinajstić information content (AvgIpc) is 3.06. The number of rotatable bonds is 6. The summed E-state index contributed by atoms with van der Waals surface area (Å²) in [6.45, 7) is 4.17. The molecule has 0 saturated carbocycles.